The Kier molecular flexibility index (Phi) is 9.62. The van der Waals surface area contributed by atoms with Gasteiger partial charge in [-0.25, -0.2) is 14.8 Å². The first-order valence-corrected chi connectivity index (χ1v) is 16.7. The average molecular weight is 716 g/mol. The molecule has 0 radical (unpaired) electrons. The van der Waals surface area contributed by atoms with Crippen molar-refractivity contribution in [3.8, 4) is 5.75 Å². The third-order valence-electron chi connectivity index (χ3n) is 7.39. The zero-order valence-electron chi connectivity index (χ0n) is 26.1. The summed E-state index contributed by atoms with van der Waals surface area (Å²) in [6.07, 6.45) is 1.53. The van der Waals surface area contributed by atoms with Crippen molar-refractivity contribution in [3.63, 3.8) is 0 Å². The molecule has 49 heavy (non-hydrogen) atoms. The second-order valence-electron chi connectivity index (χ2n) is 10.6. The molecule has 0 fully saturated rings. The van der Waals surface area contributed by atoms with Crippen LogP contribution in [0.2, 0.25) is 5.02 Å². The van der Waals surface area contributed by atoms with E-state index >= 15 is 0 Å². The molecule has 0 unspecified atom stereocenters. The van der Waals surface area contributed by atoms with E-state index in [1.807, 2.05) is 18.2 Å². The number of nitro groups is 1. The minimum Gasteiger partial charge on any atom is -0.496 e. The number of hydrogen-bond donors (Lipinski definition) is 1. The number of carbonyl (C=O) groups is 1. The fraction of sp³-hybridized carbons (Fsp3) is 0.147. The minimum atomic E-state index is -1.04. The van der Waals surface area contributed by atoms with Crippen molar-refractivity contribution in [2.45, 2.75) is 29.9 Å². The van der Waals surface area contributed by atoms with Gasteiger partial charge in [-0.15, -0.1) is 0 Å². The molecule has 6 rings (SSSR count). The fourth-order valence-electron chi connectivity index (χ4n) is 5.36. The SMILES string of the molecule is CCOC(=O)C1=C(c2ccccc2)N=c2s/c(=C\c3ccc(Sc4nc(C)cc(=O)[nH]4)c([N+](=O)[O-])c3)c(=O)n2[C@@H]1c1cc(Cl)ccc1OC. The molecule has 0 saturated heterocycles. The summed E-state index contributed by atoms with van der Waals surface area (Å²) in [5.74, 6) is -0.284. The predicted molar refractivity (Wildman–Crippen MR) is 186 cm³/mol. The number of aromatic amines is 1. The van der Waals surface area contributed by atoms with Gasteiger partial charge in [0, 0.05) is 34.0 Å². The molecular formula is C34H26ClN5O7S2. The average Bonchev–Trinajstić information content (AvgIpc) is 3.38. The lowest BCUT2D eigenvalue weighted by atomic mass is 9.92. The summed E-state index contributed by atoms with van der Waals surface area (Å²) in [5, 5.41) is 12.7. The largest absolute Gasteiger partial charge is 0.496 e. The zero-order valence-corrected chi connectivity index (χ0v) is 28.5. The molecule has 1 aliphatic heterocycles. The number of nitrogens with one attached hydrogen (secondary N) is 1. The fourth-order valence-corrected chi connectivity index (χ4v) is 7.47. The molecule has 5 aromatic rings. The van der Waals surface area contributed by atoms with E-state index in [1.165, 1.54) is 36.0 Å². The van der Waals surface area contributed by atoms with Gasteiger partial charge in [0.15, 0.2) is 9.96 Å². The van der Waals surface area contributed by atoms with Gasteiger partial charge in [0.1, 0.15) is 11.8 Å². The molecule has 15 heteroatoms. The molecule has 1 aliphatic rings. The van der Waals surface area contributed by atoms with Crippen molar-refractivity contribution in [1.82, 2.24) is 14.5 Å². The Balaban J connectivity index is 1.56. The Morgan fingerprint density at radius 2 is 1.92 bits per heavy atom. The Morgan fingerprint density at radius 1 is 1.14 bits per heavy atom. The Labute approximate surface area is 291 Å². The van der Waals surface area contributed by atoms with Gasteiger partial charge in [-0.3, -0.25) is 24.3 Å². The number of nitrogens with zero attached hydrogens (tertiary/aromatic N) is 4. The topological polar surface area (TPSA) is 159 Å². The number of benzene rings is 3. The maximum Gasteiger partial charge on any atom is 0.338 e. The predicted octanol–water partition coefficient (Wildman–Crippen LogP) is 5.05. The smallest absolute Gasteiger partial charge is 0.338 e. The van der Waals surface area contributed by atoms with Gasteiger partial charge in [0.05, 0.1) is 39.3 Å². The zero-order chi connectivity index (χ0) is 34.8. The second kappa shape index (κ2) is 14.0. The quantitative estimate of drug-likeness (QED) is 0.0954. The minimum absolute atomic E-state index is 0.0807. The van der Waals surface area contributed by atoms with Crippen LogP contribution in [0.5, 0.6) is 5.75 Å². The molecule has 3 heterocycles. The third-order valence-corrected chi connectivity index (χ3v) is 9.56. The van der Waals surface area contributed by atoms with Crippen LogP contribution in [0.15, 0.2) is 103 Å². The standard InChI is InChI=1S/C34H26ClN5O7S2/c1-4-47-32(43)28-29(20-8-6-5-7-9-20)38-34-39(30(28)22-17-21(35)11-12-24(22)46-3)31(42)26(49-34)16-19-10-13-25(23(15-19)40(44)45)48-33-36-18(2)14-27(41)37-33/h5-17,30H,4H2,1-3H3,(H,36,37,41)/b26-16-/t30-/m1/s1. The number of hydrogen-bond acceptors (Lipinski definition) is 11. The van der Waals surface area contributed by atoms with Crippen LogP contribution in [0.3, 0.4) is 0 Å². The van der Waals surface area contributed by atoms with Crippen molar-refractivity contribution in [3.05, 3.63) is 146 Å². The number of halogens is 1. The van der Waals surface area contributed by atoms with Crippen LogP contribution in [0, 0.1) is 17.0 Å². The number of esters is 1. The van der Waals surface area contributed by atoms with Gasteiger partial charge >= 0.3 is 5.97 Å². The number of rotatable bonds is 9. The van der Waals surface area contributed by atoms with E-state index in [9.17, 15) is 24.5 Å². The van der Waals surface area contributed by atoms with Crippen molar-refractivity contribution < 1.29 is 19.2 Å². The second-order valence-corrected chi connectivity index (χ2v) is 13.1. The van der Waals surface area contributed by atoms with Crippen LogP contribution in [0.1, 0.15) is 35.3 Å². The maximum absolute atomic E-state index is 14.3. The Hall–Kier alpha value is -5.31. The van der Waals surface area contributed by atoms with Crippen LogP contribution in [-0.4, -0.2) is 39.1 Å². The molecule has 0 amide bonds. The highest BCUT2D eigenvalue weighted by Gasteiger charge is 2.37. The highest BCUT2D eigenvalue weighted by atomic mass is 35.5. The Morgan fingerprint density at radius 3 is 2.61 bits per heavy atom. The van der Waals surface area contributed by atoms with E-state index in [2.05, 4.69) is 9.97 Å². The summed E-state index contributed by atoms with van der Waals surface area (Å²) in [5.41, 5.74) is 1.23. The van der Waals surface area contributed by atoms with Gasteiger partial charge in [0.25, 0.3) is 16.8 Å². The van der Waals surface area contributed by atoms with E-state index < -0.39 is 22.5 Å². The first kappa shape index (κ1) is 33.6. The first-order chi connectivity index (χ1) is 23.6. The lowest BCUT2D eigenvalue weighted by Crippen LogP contribution is -2.40. The molecule has 1 N–H and O–H groups in total. The summed E-state index contributed by atoms with van der Waals surface area (Å²) in [6, 6.07) is 18.8. The molecule has 1 atom stereocenters. The lowest BCUT2D eigenvalue weighted by molar-refractivity contribution is -0.387. The number of aryl methyl sites for hydroxylation is 1. The molecule has 0 aliphatic carbocycles. The van der Waals surface area contributed by atoms with Gasteiger partial charge in [-0.1, -0.05) is 59.3 Å². The monoisotopic (exact) mass is 715 g/mol. The molecule has 12 nitrogen and oxygen atoms in total. The summed E-state index contributed by atoms with van der Waals surface area (Å²) in [6.45, 7) is 3.42. The number of methoxy groups -OCH3 is 1. The van der Waals surface area contributed by atoms with Crippen LogP contribution in [0.4, 0.5) is 5.69 Å². The lowest BCUT2D eigenvalue weighted by Gasteiger charge is -2.27. The molecule has 0 spiro atoms. The van der Waals surface area contributed by atoms with Crippen LogP contribution < -0.4 is 25.2 Å². The Bertz CT molecular complexity index is 2400. The van der Waals surface area contributed by atoms with Gasteiger partial charge in [0.2, 0.25) is 0 Å². The summed E-state index contributed by atoms with van der Waals surface area (Å²) < 4.78 is 12.8. The highest BCUT2D eigenvalue weighted by molar-refractivity contribution is 7.99. The number of nitro benzene ring substituents is 1. The van der Waals surface area contributed by atoms with E-state index in [1.54, 1.807) is 50.2 Å². The van der Waals surface area contributed by atoms with Crippen molar-refractivity contribution in [2.24, 2.45) is 4.99 Å². The number of H-pyrrole nitrogens is 1. The van der Waals surface area contributed by atoms with E-state index in [-0.39, 0.29) is 42.8 Å². The maximum atomic E-state index is 14.3. The molecule has 3 aromatic carbocycles. The molecule has 0 bridgehead atoms. The number of fused-ring (bicyclic) bond motifs is 1. The van der Waals surface area contributed by atoms with E-state index in [0.29, 0.717) is 38.9 Å². The molecular weight excluding hydrogens is 690 g/mol. The molecule has 248 valence electrons. The van der Waals surface area contributed by atoms with Crippen LogP contribution in [-0.2, 0) is 9.53 Å². The number of ether oxygens (including phenoxy) is 2. The van der Waals surface area contributed by atoms with Gasteiger partial charge in [-0.2, -0.15) is 0 Å². The van der Waals surface area contributed by atoms with Crippen LogP contribution >= 0.6 is 34.7 Å². The van der Waals surface area contributed by atoms with Crippen molar-refractivity contribution >= 4 is 58.1 Å². The normalized spacial score (nSPS) is 14.3. The van der Waals surface area contributed by atoms with Crippen molar-refractivity contribution in [2.75, 3.05) is 13.7 Å². The third kappa shape index (κ3) is 6.84. The number of thiazole rings is 1. The van der Waals surface area contributed by atoms with Crippen molar-refractivity contribution in [1.29, 1.82) is 0 Å². The summed E-state index contributed by atoms with van der Waals surface area (Å²) >= 11 is 8.47. The number of aromatic nitrogens is 3. The van der Waals surface area contributed by atoms with Gasteiger partial charge < -0.3 is 14.5 Å². The number of carbonyl (C=O) groups excluding carboxylic acids is 1. The van der Waals surface area contributed by atoms with Gasteiger partial charge in [-0.05, 0) is 61.5 Å². The van der Waals surface area contributed by atoms with E-state index in [4.69, 9.17) is 26.1 Å². The highest BCUT2D eigenvalue weighted by Crippen LogP contribution is 2.40. The van der Waals surface area contributed by atoms with E-state index in [0.717, 1.165) is 23.1 Å². The first-order valence-electron chi connectivity index (χ1n) is 14.7. The summed E-state index contributed by atoms with van der Waals surface area (Å²) in [7, 11) is 1.48. The summed E-state index contributed by atoms with van der Waals surface area (Å²) in [4.78, 5) is 63.7. The molecule has 0 saturated carbocycles. The van der Waals surface area contributed by atoms with Crippen LogP contribution in [0.25, 0.3) is 11.8 Å². The molecule has 2 aromatic heterocycles.